The molecule has 1 aliphatic carbocycles. The Morgan fingerprint density at radius 2 is 0.846 bits per heavy atom. The molecule has 13 heavy (non-hydrogen) atoms. The van der Waals surface area contributed by atoms with E-state index < -0.39 is 11.9 Å². The summed E-state index contributed by atoms with van der Waals surface area (Å²) in [6, 6.07) is 0. The van der Waals surface area contributed by atoms with Crippen molar-refractivity contribution in [3.8, 4) is 0 Å². The lowest BCUT2D eigenvalue weighted by atomic mass is 10.4. The molecule has 0 atom stereocenters. The van der Waals surface area contributed by atoms with Crippen molar-refractivity contribution in [2.75, 3.05) is 0 Å². The summed E-state index contributed by atoms with van der Waals surface area (Å²) in [6.07, 6.45) is 7.50. The van der Waals surface area contributed by atoms with E-state index in [9.17, 15) is 0 Å². The molecule has 1 saturated carbocycles. The minimum Gasteiger partial charge on any atom is -0.481 e. The van der Waals surface area contributed by atoms with Crippen LogP contribution in [0.25, 0.3) is 0 Å². The van der Waals surface area contributed by atoms with E-state index >= 15 is 0 Å². The predicted molar refractivity (Wildman–Crippen MR) is 49.7 cm³/mol. The van der Waals surface area contributed by atoms with Gasteiger partial charge in [-0.05, 0) is 0 Å². The van der Waals surface area contributed by atoms with Crippen LogP contribution >= 0.6 is 0 Å². The minimum atomic E-state index is -0.833. The van der Waals surface area contributed by atoms with Crippen LogP contribution in [-0.4, -0.2) is 22.2 Å². The predicted octanol–water partition coefficient (Wildman–Crippen LogP) is 2.13. The van der Waals surface area contributed by atoms with Crippen LogP contribution in [-0.2, 0) is 9.59 Å². The van der Waals surface area contributed by atoms with Gasteiger partial charge in [0, 0.05) is 13.8 Å². The molecule has 1 rings (SSSR count). The molecule has 0 aromatic carbocycles. The lowest BCUT2D eigenvalue weighted by Crippen LogP contribution is -1.78. The molecular formula is C9H18O4. The van der Waals surface area contributed by atoms with Crippen molar-refractivity contribution < 1.29 is 19.8 Å². The number of hydrogen-bond acceptors (Lipinski definition) is 2. The Bertz CT molecular complexity index is 111. The molecule has 4 heteroatoms. The summed E-state index contributed by atoms with van der Waals surface area (Å²) in [5.41, 5.74) is 0. The number of aliphatic carboxylic acids is 2. The van der Waals surface area contributed by atoms with Crippen LogP contribution in [0.2, 0.25) is 0 Å². The third-order valence-electron chi connectivity index (χ3n) is 1.25. The minimum absolute atomic E-state index is 0.833. The lowest BCUT2D eigenvalue weighted by molar-refractivity contribution is -0.135. The maximum atomic E-state index is 9.00. The summed E-state index contributed by atoms with van der Waals surface area (Å²) in [7, 11) is 0. The number of hydrogen-bond donors (Lipinski definition) is 2. The SMILES string of the molecule is C1CCCC1.CC(=O)O.CC(=O)O. The van der Waals surface area contributed by atoms with Crippen molar-refractivity contribution in [1.82, 2.24) is 0 Å². The highest BCUT2D eigenvalue weighted by molar-refractivity contribution is 5.63. The molecule has 0 aliphatic heterocycles. The van der Waals surface area contributed by atoms with Crippen LogP contribution in [0.15, 0.2) is 0 Å². The highest BCUT2D eigenvalue weighted by Crippen LogP contribution is 2.15. The van der Waals surface area contributed by atoms with E-state index in [0.717, 1.165) is 13.8 Å². The van der Waals surface area contributed by atoms with E-state index in [4.69, 9.17) is 19.8 Å². The zero-order valence-electron chi connectivity index (χ0n) is 8.25. The second-order valence-electron chi connectivity index (χ2n) is 2.81. The van der Waals surface area contributed by atoms with Gasteiger partial charge in [-0.2, -0.15) is 0 Å². The Kier molecular flexibility index (Phi) is 12.2. The fourth-order valence-electron chi connectivity index (χ4n) is 0.884. The topological polar surface area (TPSA) is 74.6 Å². The van der Waals surface area contributed by atoms with Gasteiger partial charge in [0.25, 0.3) is 11.9 Å². The van der Waals surface area contributed by atoms with Gasteiger partial charge in [0.15, 0.2) is 0 Å². The highest BCUT2D eigenvalue weighted by Gasteiger charge is 1.95. The first-order chi connectivity index (χ1) is 5.96. The van der Waals surface area contributed by atoms with E-state index in [1.807, 2.05) is 0 Å². The van der Waals surface area contributed by atoms with E-state index in [1.54, 1.807) is 0 Å². The maximum Gasteiger partial charge on any atom is 0.300 e. The van der Waals surface area contributed by atoms with Gasteiger partial charge in [-0.25, -0.2) is 0 Å². The zero-order chi connectivity index (χ0) is 10.7. The van der Waals surface area contributed by atoms with Gasteiger partial charge in [0.1, 0.15) is 0 Å². The van der Waals surface area contributed by atoms with Crippen LogP contribution in [0.5, 0.6) is 0 Å². The first kappa shape index (κ1) is 14.5. The largest absolute Gasteiger partial charge is 0.481 e. The van der Waals surface area contributed by atoms with Gasteiger partial charge < -0.3 is 10.2 Å². The third-order valence-corrected chi connectivity index (χ3v) is 1.25. The van der Waals surface area contributed by atoms with E-state index in [1.165, 1.54) is 32.1 Å². The number of carboxylic acids is 2. The summed E-state index contributed by atoms with van der Waals surface area (Å²) in [5, 5.41) is 14.8. The summed E-state index contributed by atoms with van der Waals surface area (Å²) in [5.74, 6) is -1.67. The average Bonchev–Trinajstić information content (AvgIpc) is 2.35. The van der Waals surface area contributed by atoms with Crippen LogP contribution in [0.1, 0.15) is 46.0 Å². The van der Waals surface area contributed by atoms with Crippen molar-refractivity contribution in [3.05, 3.63) is 0 Å². The molecule has 0 aromatic heterocycles. The molecule has 0 saturated heterocycles. The summed E-state index contributed by atoms with van der Waals surface area (Å²) in [6.45, 7) is 2.17. The van der Waals surface area contributed by atoms with Gasteiger partial charge in [0.05, 0.1) is 0 Å². The molecule has 1 aliphatic rings. The Hall–Kier alpha value is -1.06. The molecule has 78 valence electrons. The molecule has 0 spiro atoms. The number of rotatable bonds is 0. The van der Waals surface area contributed by atoms with Crippen LogP contribution in [0, 0.1) is 0 Å². The van der Waals surface area contributed by atoms with E-state index in [-0.39, 0.29) is 0 Å². The van der Waals surface area contributed by atoms with E-state index in [0.29, 0.717) is 0 Å². The lowest BCUT2D eigenvalue weighted by Gasteiger charge is -1.67. The van der Waals surface area contributed by atoms with Crippen LogP contribution in [0.3, 0.4) is 0 Å². The number of carboxylic acid groups (broad SMARTS) is 2. The third kappa shape index (κ3) is 56.3. The fraction of sp³-hybridized carbons (Fsp3) is 0.778. The molecule has 0 amide bonds. The van der Waals surface area contributed by atoms with Gasteiger partial charge >= 0.3 is 0 Å². The van der Waals surface area contributed by atoms with Gasteiger partial charge in [-0.1, -0.05) is 32.1 Å². The summed E-state index contributed by atoms with van der Waals surface area (Å²) in [4.78, 5) is 18.0. The molecule has 2 N–H and O–H groups in total. The quantitative estimate of drug-likeness (QED) is 0.613. The first-order valence-corrected chi connectivity index (χ1v) is 4.36. The normalized spacial score (nSPS) is 13.1. The van der Waals surface area contributed by atoms with E-state index in [2.05, 4.69) is 0 Å². The van der Waals surface area contributed by atoms with Gasteiger partial charge in [-0.15, -0.1) is 0 Å². The standard InChI is InChI=1S/C5H10.2C2H4O2/c1-2-4-5-3-1;2*1-2(3)4/h1-5H2;2*1H3,(H,3,4). The molecular weight excluding hydrogens is 172 g/mol. The first-order valence-electron chi connectivity index (χ1n) is 4.36. The molecule has 4 nitrogen and oxygen atoms in total. The van der Waals surface area contributed by atoms with Gasteiger partial charge in [0.2, 0.25) is 0 Å². The highest BCUT2D eigenvalue weighted by atomic mass is 16.4. The Balaban J connectivity index is 0. The molecule has 0 heterocycles. The Labute approximate surface area is 78.6 Å². The fourth-order valence-corrected chi connectivity index (χ4v) is 0.884. The van der Waals surface area contributed by atoms with Crippen molar-refractivity contribution in [3.63, 3.8) is 0 Å². The second-order valence-corrected chi connectivity index (χ2v) is 2.81. The molecule has 0 aromatic rings. The maximum absolute atomic E-state index is 9.00. The Morgan fingerprint density at radius 1 is 0.769 bits per heavy atom. The van der Waals surface area contributed by atoms with Crippen molar-refractivity contribution >= 4 is 11.9 Å². The molecule has 0 bridgehead atoms. The van der Waals surface area contributed by atoms with Crippen molar-refractivity contribution in [2.24, 2.45) is 0 Å². The molecule has 1 fully saturated rings. The average molecular weight is 190 g/mol. The summed E-state index contributed by atoms with van der Waals surface area (Å²) < 4.78 is 0. The van der Waals surface area contributed by atoms with Crippen LogP contribution < -0.4 is 0 Å². The van der Waals surface area contributed by atoms with Crippen LogP contribution in [0.4, 0.5) is 0 Å². The molecule has 0 radical (unpaired) electrons. The smallest absolute Gasteiger partial charge is 0.300 e. The second kappa shape index (κ2) is 10.9. The summed E-state index contributed by atoms with van der Waals surface area (Å²) >= 11 is 0. The van der Waals surface area contributed by atoms with Gasteiger partial charge in [-0.3, -0.25) is 9.59 Å². The van der Waals surface area contributed by atoms with Crippen molar-refractivity contribution in [1.29, 1.82) is 0 Å². The monoisotopic (exact) mass is 190 g/mol. The number of carbonyl (C=O) groups is 2. The van der Waals surface area contributed by atoms with Crippen molar-refractivity contribution in [2.45, 2.75) is 46.0 Å². The Morgan fingerprint density at radius 3 is 0.923 bits per heavy atom. The molecule has 0 unspecified atom stereocenters. The zero-order valence-corrected chi connectivity index (χ0v) is 8.25.